The molecule has 0 bridgehead atoms. The van der Waals surface area contributed by atoms with Gasteiger partial charge in [0.1, 0.15) is 0 Å². The quantitative estimate of drug-likeness (QED) is 0.115. The van der Waals surface area contributed by atoms with Crippen molar-refractivity contribution >= 4 is 148 Å². The van der Waals surface area contributed by atoms with Crippen molar-refractivity contribution in [1.29, 1.82) is 0 Å². The molecule has 0 fully saturated rings. The van der Waals surface area contributed by atoms with Crippen LogP contribution in [0, 0.1) is 0 Å². The lowest BCUT2D eigenvalue weighted by atomic mass is 9.36. The highest BCUT2D eigenvalue weighted by Gasteiger charge is 2.47. The minimum absolute atomic E-state index is 0.0302. The van der Waals surface area contributed by atoms with Gasteiger partial charge in [0, 0.05) is 81.5 Å². The second kappa shape index (κ2) is 25.3. The molecule has 114 heavy (non-hydrogen) atoms. The van der Waals surface area contributed by atoms with E-state index in [1.165, 1.54) is 20.5 Å². The molecule has 0 aliphatic carbocycles. The summed E-state index contributed by atoms with van der Waals surface area (Å²) >= 11 is 1.37. The number of nitrogens with zero attached hydrogens (tertiary/aromatic N) is 3. The highest BCUT2D eigenvalue weighted by molar-refractivity contribution is 7.33. The van der Waals surface area contributed by atoms with Gasteiger partial charge < -0.3 is 19.4 Å². The molecule has 4 nitrogen and oxygen atoms in total. The van der Waals surface area contributed by atoms with E-state index < -0.39 is 126 Å². The number of nitrogens with one attached hydrogen (secondary N) is 1. The van der Waals surface area contributed by atoms with E-state index >= 15 is 0 Å². The fourth-order valence-electron chi connectivity index (χ4n) is 18.0. The van der Waals surface area contributed by atoms with Crippen molar-refractivity contribution in [3.05, 3.63) is 350 Å². The van der Waals surface area contributed by atoms with Crippen LogP contribution in [0.2, 0.25) is 0 Å². The molecule has 5 heterocycles. The Balaban J connectivity index is 0.932. The van der Waals surface area contributed by atoms with Crippen molar-refractivity contribution in [1.82, 2.24) is 9.13 Å². The van der Waals surface area contributed by atoms with E-state index in [1.54, 1.807) is 6.07 Å². The van der Waals surface area contributed by atoms with E-state index in [9.17, 15) is 21.9 Å². The minimum atomic E-state index is -1.15. The van der Waals surface area contributed by atoms with Gasteiger partial charge >= 0.3 is 0 Å². The number of aromatic nitrogens is 2. The maximum Gasteiger partial charge on any atom is 0.264 e. The summed E-state index contributed by atoms with van der Waals surface area (Å²) in [5, 5.41) is 9.64. The van der Waals surface area contributed by atoms with Gasteiger partial charge in [0.15, 0.2) is 0 Å². The van der Waals surface area contributed by atoms with Gasteiger partial charge in [-0.05, 0) is 217 Å². The van der Waals surface area contributed by atoms with E-state index in [0.717, 1.165) is 105 Å². The van der Waals surface area contributed by atoms with Crippen molar-refractivity contribution in [2.24, 2.45) is 0 Å². The standard InChI is InChI=1S/C108H83BN4S/c1-106(2,3)73-58-83(65-29-14-10-15-30-65)99(84(59-73)66-31-16-11-17-32-66)100-88(108(7,8)9)64-95-101-102(100)110-90-62-75(111-93-44-27-24-41-80(93)87-57-72(49-56-94(87)111)77-52-47-71-46-45-69-37-28-38-70-48-53-81(77)98(71)97(69)70)51-55-89(90)109(101)105-104(82-54-50-76(63-96(82)114-105)112-91-42-25-22-39-78(91)79-40-23-26-43-92(79)112)113(95)103-85(67-33-18-12-19-34-67)60-74(107(4,5)6)61-86(103)68-35-20-13-21-36-68/h10-64,110H,1-9H3/i22D,23D,24D,25D,26D,27D,39D,40D,41D,42D,43D,44D,49D,51D,55D,56D,57D,62D. The Bertz CT molecular complexity index is 8310. The van der Waals surface area contributed by atoms with E-state index in [-0.39, 0.29) is 77.7 Å². The van der Waals surface area contributed by atoms with Gasteiger partial charge in [-0.25, -0.2) is 0 Å². The van der Waals surface area contributed by atoms with Crippen LogP contribution in [-0.4, -0.2) is 15.8 Å². The first-order chi connectivity index (χ1) is 63.0. The molecule has 0 unspecified atom stereocenters. The van der Waals surface area contributed by atoms with Crippen molar-refractivity contribution in [2.75, 3.05) is 10.2 Å². The summed E-state index contributed by atoms with van der Waals surface area (Å²) < 4.78 is 184. The van der Waals surface area contributed by atoms with Crippen molar-refractivity contribution in [3.63, 3.8) is 0 Å². The molecule has 1 N–H and O–H groups in total. The largest absolute Gasteiger partial charge is 0.356 e. The summed E-state index contributed by atoms with van der Waals surface area (Å²) in [7, 11) is 0. The number of anilines is 5. The molecule has 22 rings (SSSR count). The first-order valence-corrected chi connectivity index (χ1v) is 39.6. The van der Waals surface area contributed by atoms with Crippen LogP contribution in [0.3, 0.4) is 0 Å². The van der Waals surface area contributed by atoms with Gasteiger partial charge in [0.05, 0.1) is 58.1 Å². The number of benzene rings is 17. The van der Waals surface area contributed by atoms with Crippen LogP contribution in [0.25, 0.3) is 164 Å². The van der Waals surface area contributed by atoms with Crippen LogP contribution in [0.4, 0.5) is 28.4 Å². The van der Waals surface area contributed by atoms with Gasteiger partial charge in [0.25, 0.3) is 6.71 Å². The molecular formula is C108H83BN4S. The molecule has 0 radical (unpaired) electrons. The second-order valence-electron chi connectivity index (χ2n) is 33.4. The third-order valence-electron chi connectivity index (χ3n) is 23.5. The Morgan fingerprint density at radius 1 is 0.360 bits per heavy atom. The van der Waals surface area contributed by atoms with Crippen LogP contribution in [0.5, 0.6) is 0 Å². The molecule has 0 spiro atoms. The molecule has 544 valence electrons. The molecule has 17 aromatic carbocycles. The summed E-state index contributed by atoms with van der Waals surface area (Å²) in [4.78, 5) is 2.36. The molecule has 2 aliphatic heterocycles. The number of rotatable bonds is 9. The summed E-state index contributed by atoms with van der Waals surface area (Å²) in [6.07, 6.45) is 0. The monoisotopic (exact) mass is 1500 g/mol. The zero-order valence-electron chi connectivity index (χ0n) is 82.2. The third kappa shape index (κ3) is 10.4. The maximum atomic E-state index is 11.6. The first kappa shape index (κ1) is 51.5. The fraction of sp³-hybridized carbons (Fsp3) is 0.111. The topological polar surface area (TPSA) is 25.1 Å². The molecule has 0 saturated heterocycles. The van der Waals surface area contributed by atoms with E-state index in [2.05, 4.69) is 157 Å². The lowest BCUT2D eigenvalue weighted by Gasteiger charge is -2.43. The normalized spacial score (nSPS) is 15.2. The highest BCUT2D eigenvalue weighted by atomic mass is 32.1. The molecular weight excluding hydrogens is 1400 g/mol. The summed E-state index contributed by atoms with van der Waals surface area (Å²) in [5.41, 5.74) is 13.0. The Morgan fingerprint density at radius 2 is 0.851 bits per heavy atom. The van der Waals surface area contributed by atoms with Crippen molar-refractivity contribution < 1.29 is 24.7 Å². The molecule has 2 aliphatic rings. The molecule has 3 aromatic heterocycles. The minimum Gasteiger partial charge on any atom is -0.356 e. The Morgan fingerprint density at radius 3 is 1.41 bits per heavy atom. The molecule has 6 heteroatoms. The van der Waals surface area contributed by atoms with Crippen LogP contribution >= 0.6 is 11.3 Å². The fourth-order valence-corrected chi connectivity index (χ4v) is 19.4. The third-order valence-corrected chi connectivity index (χ3v) is 24.7. The Kier molecular flexibility index (Phi) is 11.4. The van der Waals surface area contributed by atoms with Gasteiger partial charge in [-0.2, -0.15) is 0 Å². The Hall–Kier alpha value is -13.0. The molecule has 20 aromatic rings. The summed E-state index contributed by atoms with van der Waals surface area (Å²) in [5.74, 6) is 0. The van der Waals surface area contributed by atoms with Gasteiger partial charge in [0.2, 0.25) is 0 Å². The van der Waals surface area contributed by atoms with Gasteiger partial charge in [-0.1, -0.05) is 305 Å². The van der Waals surface area contributed by atoms with Crippen molar-refractivity contribution in [2.45, 2.75) is 78.6 Å². The van der Waals surface area contributed by atoms with Crippen LogP contribution < -0.4 is 25.9 Å². The van der Waals surface area contributed by atoms with Gasteiger partial charge in [-0.3, -0.25) is 0 Å². The van der Waals surface area contributed by atoms with Crippen molar-refractivity contribution in [3.8, 4) is 78.1 Å². The Labute approximate surface area is 695 Å². The smallest absolute Gasteiger partial charge is 0.264 e. The first-order valence-electron chi connectivity index (χ1n) is 47.8. The van der Waals surface area contributed by atoms with Crippen LogP contribution in [-0.2, 0) is 16.2 Å². The maximum absolute atomic E-state index is 11.6. The summed E-state index contributed by atoms with van der Waals surface area (Å²) in [6, 6.07) is 66.6. The molecule has 0 atom stereocenters. The van der Waals surface area contributed by atoms with Crippen LogP contribution in [0.15, 0.2) is 333 Å². The average molecular weight is 1500 g/mol. The van der Waals surface area contributed by atoms with Crippen LogP contribution in [0.1, 0.15) is 104 Å². The number of hydrogen-bond acceptors (Lipinski definition) is 3. The molecule has 0 amide bonds. The zero-order valence-corrected chi connectivity index (χ0v) is 65.0. The van der Waals surface area contributed by atoms with E-state index in [0.29, 0.717) is 48.3 Å². The lowest BCUT2D eigenvalue weighted by Crippen LogP contribution is -2.59. The highest BCUT2D eigenvalue weighted by Crippen LogP contribution is 2.58. The zero-order chi connectivity index (χ0) is 92.5. The average Bonchev–Trinajstić information content (AvgIpc) is 1.33. The number of thiophene rings is 1. The summed E-state index contributed by atoms with van der Waals surface area (Å²) in [6.45, 7) is 18.6. The predicted octanol–water partition coefficient (Wildman–Crippen LogP) is 28.2. The number of fused-ring (bicyclic) bond motifs is 12. The molecule has 0 saturated carbocycles. The van der Waals surface area contributed by atoms with Gasteiger partial charge in [-0.15, -0.1) is 11.3 Å². The van der Waals surface area contributed by atoms with E-state index in [4.69, 9.17) is 2.74 Å². The van der Waals surface area contributed by atoms with E-state index in [1.807, 2.05) is 133 Å². The number of para-hydroxylation sites is 3. The number of hydrogen-bond donors (Lipinski definition) is 1. The SMILES string of the molecule is [2H]c1c([2H])c(-n2c3c([2H])c([2H])c([2H])c([2H])c3c3c([2H])c(-c4ccc5ccc6cccc7ccc4c5c67)c([2H])c([2H])c32)c([2H])c2c1B1c3sc4cc(-n5c6c([2H])c([2H])c([2H])c([2H])c6c6c([2H])c([2H])c([2H])c([2H])c65)ccc4c3N(c3c(-c4ccccc4)cc(C(C)(C)C)cc3-c3ccccc3)c3cc(C(C)(C)C)c(-c4c(-c5ccccc5)cc(C(C)(C)C)cc4-c4ccccc4)c(c31)N2. The lowest BCUT2D eigenvalue weighted by molar-refractivity contribution is 0.590. The second-order valence-corrected chi connectivity index (χ2v) is 34.5. The predicted molar refractivity (Wildman–Crippen MR) is 492 cm³/mol.